The largest absolute Gasteiger partial charge is 0.394 e. The molecule has 1 saturated carbocycles. The molecule has 0 aromatic rings. The van der Waals surface area contributed by atoms with Crippen molar-refractivity contribution < 1.29 is 14.6 Å². The number of piperidine rings is 1. The number of carbonyl (C=O) groups excluding carboxylic acids is 1. The third-order valence-electron chi connectivity index (χ3n) is 6.51. The fourth-order valence-electron chi connectivity index (χ4n) is 5.19. The second kappa shape index (κ2) is 6.69. The fourth-order valence-corrected chi connectivity index (χ4v) is 5.19. The van der Waals surface area contributed by atoms with Gasteiger partial charge in [-0.15, -0.1) is 0 Å². The molecule has 3 rings (SSSR count). The van der Waals surface area contributed by atoms with Crippen molar-refractivity contribution in [1.29, 1.82) is 0 Å². The van der Waals surface area contributed by atoms with E-state index in [0.717, 1.165) is 44.9 Å². The summed E-state index contributed by atoms with van der Waals surface area (Å²) in [6.07, 6.45) is 8.71. The van der Waals surface area contributed by atoms with Gasteiger partial charge in [0.05, 0.1) is 12.1 Å². The summed E-state index contributed by atoms with van der Waals surface area (Å²) in [4.78, 5) is 17.0. The number of aliphatic hydroxyl groups excluding tert-OH is 1. The Morgan fingerprint density at radius 2 is 1.91 bits per heavy atom. The van der Waals surface area contributed by atoms with Gasteiger partial charge in [-0.1, -0.05) is 12.8 Å². The summed E-state index contributed by atoms with van der Waals surface area (Å²) >= 11 is 0. The number of hydrogen-bond acceptors (Lipinski definition) is 4. The minimum absolute atomic E-state index is 0.0131. The number of aliphatic hydroxyl groups is 1. The fraction of sp³-hybridized carbons (Fsp3) is 0.944. The van der Waals surface area contributed by atoms with Crippen LogP contribution in [-0.4, -0.2) is 72.4 Å². The zero-order valence-electron chi connectivity index (χ0n) is 14.7. The van der Waals surface area contributed by atoms with Gasteiger partial charge in [0.2, 0.25) is 5.91 Å². The highest BCUT2D eigenvalue weighted by Gasteiger charge is 2.53. The van der Waals surface area contributed by atoms with Gasteiger partial charge < -0.3 is 19.6 Å². The molecule has 1 aliphatic carbocycles. The minimum atomic E-state index is -0.425. The van der Waals surface area contributed by atoms with E-state index in [1.807, 2.05) is 11.8 Å². The van der Waals surface area contributed by atoms with E-state index >= 15 is 0 Å². The van der Waals surface area contributed by atoms with Crippen LogP contribution >= 0.6 is 0 Å². The van der Waals surface area contributed by atoms with Crippen molar-refractivity contribution in [3.63, 3.8) is 0 Å². The van der Waals surface area contributed by atoms with E-state index < -0.39 is 5.54 Å². The number of hydrogen-bond donors (Lipinski definition) is 1. The van der Waals surface area contributed by atoms with Gasteiger partial charge in [0.15, 0.2) is 0 Å². The predicted molar refractivity (Wildman–Crippen MR) is 89.2 cm³/mol. The lowest BCUT2D eigenvalue weighted by Gasteiger charge is -2.42. The van der Waals surface area contributed by atoms with Crippen LogP contribution in [-0.2, 0) is 9.53 Å². The molecule has 0 bridgehead atoms. The summed E-state index contributed by atoms with van der Waals surface area (Å²) in [6.45, 7) is 5.26. The maximum absolute atomic E-state index is 12.4. The number of amides is 1. The smallest absolute Gasteiger partial charge is 0.249 e. The van der Waals surface area contributed by atoms with Crippen LogP contribution in [0.15, 0.2) is 0 Å². The highest BCUT2D eigenvalue weighted by atomic mass is 16.5. The van der Waals surface area contributed by atoms with Crippen LogP contribution in [0.25, 0.3) is 0 Å². The van der Waals surface area contributed by atoms with E-state index in [1.54, 1.807) is 7.11 Å². The van der Waals surface area contributed by atoms with Crippen LogP contribution in [0.5, 0.6) is 0 Å². The molecule has 1 spiro atoms. The quantitative estimate of drug-likeness (QED) is 0.854. The number of ether oxygens (including phenoxy) is 1. The van der Waals surface area contributed by atoms with Gasteiger partial charge >= 0.3 is 0 Å². The van der Waals surface area contributed by atoms with Crippen LogP contribution in [0.3, 0.4) is 0 Å². The Kier molecular flexibility index (Phi) is 5.00. The molecular weight excluding hydrogens is 292 g/mol. The predicted octanol–water partition coefficient (Wildman–Crippen LogP) is 1.64. The van der Waals surface area contributed by atoms with Crippen LogP contribution in [0.2, 0.25) is 0 Å². The molecule has 0 unspecified atom stereocenters. The molecular formula is C18H32N2O3. The average Bonchev–Trinajstić information content (AvgIpc) is 3.16. The lowest BCUT2D eigenvalue weighted by Crippen LogP contribution is -2.49. The molecule has 1 amide bonds. The monoisotopic (exact) mass is 324 g/mol. The number of likely N-dealkylation sites (tertiary alicyclic amines) is 2. The number of nitrogens with zero attached hydrogens (tertiary/aromatic N) is 2. The van der Waals surface area contributed by atoms with E-state index in [0.29, 0.717) is 0 Å². The molecule has 0 radical (unpaired) electrons. The first-order valence-corrected chi connectivity index (χ1v) is 9.16. The number of carbonyl (C=O) groups is 1. The van der Waals surface area contributed by atoms with Crippen molar-refractivity contribution in [1.82, 2.24) is 9.80 Å². The third kappa shape index (κ3) is 3.28. The molecule has 0 aromatic heterocycles. The van der Waals surface area contributed by atoms with Gasteiger partial charge in [0, 0.05) is 19.7 Å². The van der Waals surface area contributed by atoms with Crippen molar-refractivity contribution >= 4 is 5.91 Å². The molecule has 2 heterocycles. The lowest BCUT2D eigenvalue weighted by atomic mass is 9.74. The second-order valence-electron chi connectivity index (χ2n) is 8.22. The molecule has 23 heavy (non-hydrogen) atoms. The molecule has 132 valence electrons. The Morgan fingerprint density at radius 1 is 1.26 bits per heavy atom. The van der Waals surface area contributed by atoms with Crippen LogP contribution in [0.4, 0.5) is 0 Å². The molecule has 0 aromatic carbocycles. The Bertz CT molecular complexity index is 428. The molecule has 5 nitrogen and oxygen atoms in total. The van der Waals surface area contributed by atoms with E-state index in [9.17, 15) is 9.90 Å². The highest BCUT2D eigenvalue weighted by molar-refractivity contribution is 5.78. The third-order valence-corrected chi connectivity index (χ3v) is 6.51. The Labute approximate surface area is 140 Å². The standard InChI is InChI=1S/C18H32N2O3/c1-17(14-21)12-18(13-20(17)16(22)11-23-2)7-9-19(10-8-18)15-5-3-4-6-15/h15,21H,3-14H2,1-2H3/t17-/m0/s1. The van der Waals surface area contributed by atoms with Crippen LogP contribution in [0, 0.1) is 5.41 Å². The number of rotatable bonds is 4. The normalized spacial score (nSPS) is 32.0. The first kappa shape index (κ1) is 17.2. The van der Waals surface area contributed by atoms with Crippen molar-refractivity contribution in [3.8, 4) is 0 Å². The molecule has 5 heteroatoms. The van der Waals surface area contributed by atoms with Gasteiger partial charge in [0.25, 0.3) is 0 Å². The molecule has 3 fully saturated rings. The van der Waals surface area contributed by atoms with E-state index in [2.05, 4.69) is 4.90 Å². The minimum Gasteiger partial charge on any atom is -0.394 e. The zero-order valence-corrected chi connectivity index (χ0v) is 14.7. The topological polar surface area (TPSA) is 53.0 Å². The van der Waals surface area contributed by atoms with Crippen molar-refractivity contribution in [2.75, 3.05) is 40.0 Å². The summed E-state index contributed by atoms with van der Waals surface area (Å²) in [5, 5.41) is 9.91. The average molecular weight is 324 g/mol. The van der Waals surface area contributed by atoms with Gasteiger partial charge in [-0.2, -0.15) is 0 Å². The second-order valence-corrected chi connectivity index (χ2v) is 8.22. The first-order chi connectivity index (χ1) is 11.0. The van der Waals surface area contributed by atoms with Gasteiger partial charge in [-0.25, -0.2) is 0 Å². The van der Waals surface area contributed by atoms with Crippen LogP contribution < -0.4 is 0 Å². The molecule has 3 aliphatic rings. The van der Waals surface area contributed by atoms with E-state index in [-0.39, 0.29) is 24.5 Å². The van der Waals surface area contributed by atoms with Gasteiger partial charge in [-0.05, 0) is 57.5 Å². The maximum Gasteiger partial charge on any atom is 0.249 e. The van der Waals surface area contributed by atoms with Crippen molar-refractivity contribution in [2.45, 2.75) is 63.5 Å². The van der Waals surface area contributed by atoms with Crippen molar-refractivity contribution in [2.24, 2.45) is 5.41 Å². The zero-order chi connectivity index (χ0) is 16.5. The summed E-state index contributed by atoms with van der Waals surface area (Å²) in [5.41, 5.74) is -0.235. The van der Waals surface area contributed by atoms with E-state index in [4.69, 9.17) is 4.74 Å². The Morgan fingerprint density at radius 3 is 2.48 bits per heavy atom. The first-order valence-electron chi connectivity index (χ1n) is 9.16. The lowest BCUT2D eigenvalue weighted by molar-refractivity contribution is -0.140. The van der Waals surface area contributed by atoms with Gasteiger partial charge in [-0.3, -0.25) is 4.79 Å². The highest BCUT2D eigenvalue weighted by Crippen LogP contribution is 2.48. The molecule has 1 N–H and O–H groups in total. The van der Waals surface area contributed by atoms with Crippen molar-refractivity contribution in [3.05, 3.63) is 0 Å². The van der Waals surface area contributed by atoms with Crippen LogP contribution in [0.1, 0.15) is 51.9 Å². The number of methoxy groups -OCH3 is 1. The molecule has 2 saturated heterocycles. The Hall–Kier alpha value is -0.650. The SMILES string of the molecule is COCC(=O)N1CC2(CCN(C3CCCC3)CC2)C[C@@]1(C)CO. The Balaban J connectivity index is 1.65. The summed E-state index contributed by atoms with van der Waals surface area (Å²) in [7, 11) is 1.56. The molecule has 1 atom stereocenters. The summed E-state index contributed by atoms with van der Waals surface area (Å²) in [6, 6.07) is 0.796. The summed E-state index contributed by atoms with van der Waals surface area (Å²) in [5.74, 6) is 0.0131. The maximum atomic E-state index is 12.4. The summed E-state index contributed by atoms with van der Waals surface area (Å²) < 4.78 is 5.03. The van der Waals surface area contributed by atoms with Gasteiger partial charge in [0.1, 0.15) is 6.61 Å². The molecule has 2 aliphatic heterocycles. The van der Waals surface area contributed by atoms with E-state index in [1.165, 1.54) is 25.7 Å².